The van der Waals surface area contributed by atoms with E-state index in [2.05, 4.69) is 7.05 Å². The molecular weight excluding hydrogens is 150 g/mol. The van der Waals surface area contributed by atoms with Crippen LogP contribution in [0.4, 0.5) is 0 Å². The molecule has 1 fully saturated rings. The molecule has 0 unspecified atom stereocenters. The topological polar surface area (TPSA) is 20.2 Å². The summed E-state index contributed by atoms with van der Waals surface area (Å²) in [5.74, 6) is 0. The summed E-state index contributed by atoms with van der Waals surface area (Å²) < 4.78 is 1.20. The molecule has 12 heavy (non-hydrogen) atoms. The van der Waals surface area contributed by atoms with E-state index in [1.54, 1.807) is 0 Å². The lowest BCUT2D eigenvalue weighted by atomic mass is 10.2. The first-order valence-electron chi connectivity index (χ1n) is 5.21. The molecule has 0 bridgehead atoms. The molecule has 1 aliphatic heterocycles. The normalized spacial score (nSPS) is 23.5. The molecule has 0 aliphatic carbocycles. The zero-order chi connectivity index (χ0) is 8.86. The van der Waals surface area contributed by atoms with E-state index in [-0.39, 0.29) is 0 Å². The van der Waals surface area contributed by atoms with Crippen molar-refractivity contribution in [3.63, 3.8) is 0 Å². The monoisotopic (exact) mass is 172 g/mol. The van der Waals surface area contributed by atoms with Crippen LogP contribution in [0, 0.1) is 0 Å². The van der Waals surface area contributed by atoms with Crippen LogP contribution in [0.1, 0.15) is 32.1 Å². The highest BCUT2D eigenvalue weighted by atomic mass is 16.3. The molecule has 0 aromatic heterocycles. The maximum Gasteiger partial charge on any atom is 0.0806 e. The van der Waals surface area contributed by atoms with Crippen molar-refractivity contribution in [2.24, 2.45) is 0 Å². The second-order valence-corrected chi connectivity index (χ2v) is 4.28. The SMILES string of the molecule is C[N+]1(CCCO)CCCCCC1. The molecule has 0 amide bonds. The number of nitrogens with zero attached hydrogens (tertiary/aromatic N) is 1. The van der Waals surface area contributed by atoms with Crippen LogP contribution < -0.4 is 0 Å². The van der Waals surface area contributed by atoms with Gasteiger partial charge in [-0.1, -0.05) is 0 Å². The zero-order valence-electron chi connectivity index (χ0n) is 8.26. The molecule has 72 valence electrons. The van der Waals surface area contributed by atoms with Crippen LogP contribution in [0.3, 0.4) is 0 Å². The Hall–Kier alpha value is -0.0800. The third kappa shape index (κ3) is 3.11. The number of aliphatic hydroxyl groups is 1. The van der Waals surface area contributed by atoms with Gasteiger partial charge in [0.1, 0.15) is 0 Å². The minimum absolute atomic E-state index is 0.355. The fourth-order valence-electron chi connectivity index (χ4n) is 2.13. The zero-order valence-corrected chi connectivity index (χ0v) is 8.26. The third-order valence-electron chi connectivity index (χ3n) is 3.00. The Morgan fingerprint density at radius 2 is 1.67 bits per heavy atom. The van der Waals surface area contributed by atoms with E-state index in [0.29, 0.717) is 6.61 Å². The first-order chi connectivity index (χ1) is 5.77. The van der Waals surface area contributed by atoms with Gasteiger partial charge >= 0.3 is 0 Å². The second kappa shape index (κ2) is 4.83. The Morgan fingerprint density at radius 1 is 1.08 bits per heavy atom. The van der Waals surface area contributed by atoms with Gasteiger partial charge in [0.15, 0.2) is 0 Å². The maximum atomic E-state index is 8.77. The number of quaternary nitrogens is 1. The number of hydrogen-bond donors (Lipinski definition) is 1. The summed E-state index contributed by atoms with van der Waals surface area (Å²) in [4.78, 5) is 0. The van der Waals surface area contributed by atoms with E-state index in [1.807, 2.05) is 0 Å². The van der Waals surface area contributed by atoms with Gasteiger partial charge < -0.3 is 9.59 Å². The summed E-state index contributed by atoms with van der Waals surface area (Å²) in [5.41, 5.74) is 0. The van der Waals surface area contributed by atoms with Crippen molar-refractivity contribution in [2.45, 2.75) is 32.1 Å². The van der Waals surface area contributed by atoms with Gasteiger partial charge in [0.25, 0.3) is 0 Å². The Kier molecular flexibility index (Phi) is 4.02. The Bertz CT molecular complexity index is 117. The van der Waals surface area contributed by atoms with E-state index in [0.717, 1.165) is 13.0 Å². The smallest absolute Gasteiger partial charge is 0.0806 e. The highest BCUT2D eigenvalue weighted by Gasteiger charge is 2.21. The van der Waals surface area contributed by atoms with Crippen LogP contribution >= 0.6 is 0 Å². The van der Waals surface area contributed by atoms with Gasteiger partial charge in [-0.05, 0) is 25.7 Å². The Balaban J connectivity index is 2.32. The number of hydrogen-bond acceptors (Lipinski definition) is 1. The predicted octanol–water partition coefficient (Wildman–Crippen LogP) is 1.39. The Labute approximate surface area is 75.8 Å². The van der Waals surface area contributed by atoms with Gasteiger partial charge in [-0.25, -0.2) is 0 Å². The molecular formula is C10H22NO+. The molecule has 0 spiro atoms. The molecule has 0 aromatic rings. The largest absolute Gasteiger partial charge is 0.396 e. The van der Waals surface area contributed by atoms with Crippen LogP contribution in [0.2, 0.25) is 0 Å². The van der Waals surface area contributed by atoms with E-state index in [1.165, 1.54) is 43.3 Å². The average Bonchev–Trinajstić information content (AvgIpc) is 2.27. The van der Waals surface area contributed by atoms with Crippen LogP contribution in [-0.2, 0) is 0 Å². The van der Waals surface area contributed by atoms with Gasteiger partial charge in [0.05, 0.1) is 26.7 Å². The van der Waals surface area contributed by atoms with Crippen LogP contribution in [0.25, 0.3) is 0 Å². The molecule has 1 saturated heterocycles. The van der Waals surface area contributed by atoms with Crippen LogP contribution in [0.5, 0.6) is 0 Å². The molecule has 0 aromatic carbocycles. The summed E-state index contributed by atoms with van der Waals surface area (Å²) in [6, 6.07) is 0. The fraction of sp³-hybridized carbons (Fsp3) is 1.00. The average molecular weight is 172 g/mol. The third-order valence-corrected chi connectivity index (χ3v) is 3.00. The molecule has 2 nitrogen and oxygen atoms in total. The predicted molar refractivity (Wildman–Crippen MR) is 51.0 cm³/mol. The van der Waals surface area contributed by atoms with Crippen molar-refractivity contribution in [3.05, 3.63) is 0 Å². The van der Waals surface area contributed by atoms with Crippen LogP contribution in [0.15, 0.2) is 0 Å². The van der Waals surface area contributed by atoms with Gasteiger partial charge in [-0.15, -0.1) is 0 Å². The molecule has 0 saturated carbocycles. The van der Waals surface area contributed by atoms with Crippen molar-refractivity contribution in [1.82, 2.24) is 0 Å². The molecule has 0 radical (unpaired) electrons. The highest BCUT2D eigenvalue weighted by molar-refractivity contribution is 4.51. The van der Waals surface area contributed by atoms with Crippen molar-refractivity contribution in [2.75, 3.05) is 33.3 Å². The van der Waals surface area contributed by atoms with Gasteiger partial charge in [-0.2, -0.15) is 0 Å². The summed E-state index contributed by atoms with van der Waals surface area (Å²) in [5, 5.41) is 8.77. The molecule has 2 heteroatoms. The molecule has 1 aliphatic rings. The summed E-state index contributed by atoms with van der Waals surface area (Å²) in [7, 11) is 2.33. The van der Waals surface area contributed by atoms with Crippen molar-refractivity contribution in [1.29, 1.82) is 0 Å². The quantitative estimate of drug-likeness (QED) is 0.638. The second-order valence-electron chi connectivity index (χ2n) is 4.28. The number of aliphatic hydroxyl groups excluding tert-OH is 1. The van der Waals surface area contributed by atoms with E-state index in [4.69, 9.17) is 5.11 Å². The van der Waals surface area contributed by atoms with Gasteiger partial charge in [0, 0.05) is 13.0 Å². The van der Waals surface area contributed by atoms with E-state index in [9.17, 15) is 0 Å². The van der Waals surface area contributed by atoms with Gasteiger partial charge in [0.2, 0.25) is 0 Å². The standard InChI is InChI=1S/C10H22NO/c1-11(9-6-10-12)7-4-2-3-5-8-11/h12H,2-10H2,1H3/q+1. The minimum atomic E-state index is 0.355. The van der Waals surface area contributed by atoms with Gasteiger partial charge in [-0.3, -0.25) is 0 Å². The number of rotatable bonds is 3. The first-order valence-corrected chi connectivity index (χ1v) is 5.21. The minimum Gasteiger partial charge on any atom is -0.396 e. The summed E-state index contributed by atoms with van der Waals surface area (Å²) in [6.45, 7) is 4.16. The highest BCUT2D eigenvalue weighted by Crippen LogP contribution is 2.16. The maximum absolute atomic E-state index is 8.77. The molecule has 1 N–H and O–H groups in total. The van der Waals surface area contributed by atoms with Crippen molar-refractivity contribution < 1.29 is 9.59 Å². The molecule has 0 atom stereocenters. The van der Waals surface area contributed by atoms with Crippen molar-refractivity contribution in [3.8, 4) is 0 Å². The lowest BCUT2D eigenvalue weighted by Crippen LogP contribution is -2.45. The summed E-state index contributed by atoms with van der Waals surface area (Å²) >= 11 is 0. The molecule has 1 rings (SSSR count). The molecule has 1 heterocycles. The van der Waals surface area contributed by atoms with Crippen LogP contribution in [-0.4, -0.2) is 42.9 Å². The van der Waals surface area contributed by atoms with Crippen molar-refractivity contribution >= 4 is 0 Å². The van der Waals surface area contributed by atoms with E-state index >= 15 is 0 Å². The fourth-order valence-corrected chi connectivity index (χ4v) is 2.13. The van der Waals surface area contributed by atoms with E-state index < -0.39 is 0 Å². The Morgan fingerprint density at radius 3 is 2.17 bits per heavy atom. The lowest BCUT2D eigenvalue weighted by molar-refractivity contribution is -0.909. The summed E-state index contributed by atoms with van der Waals surface area (Å²) in [6.07, 6.45) is 6.54. The first kappa shape index (κ1) is 10.0. The number of likely N-dealkylation sites (tertiary alicyclic amines) is 1. The lowest BCUT2D eigenvalue weighted by Gasteiger charge is -2.33.